The Kier molecular flexibility index (Phi) is 5.90. The lowest BCUT2D eigenvalue weighted by molar-refractivity contribution is -0.129. The van der Waals surface area contributed by atoms with Crippen molar-refractivity contribution in [3.8, 4) is 5.75 Å². The number of hydrogen-bond donors (Lipinski definition) is 1. The molecule has 0 fully saturated rings. The summed E-state index contributed by atoms with van der Waals surface area (Å²) < 4.78 is 10.6. The predicted molar refractivity (Wildman–Crippen MR) is 119 cm³/mol. The van der Waals surface area contributed by atoms with Gasteiger partial charge in [-0.05, 0) is 34.9 Å². The molecule has 2 aromatic carbocycles. The first-order chi connectivity index (χ1) is 15.0. The topological polar surface area (TPSA) is 84.9 Å². The Bertz CT molecular complexity index is 1170. The Hall–Kier alpha value is -3.39. The average Bonchev–Trinajstić information content (AvgIpc) is 3.13. The number of esters is 1. The summed E-state index contributed by atoms with van der Waals surface area (Å²) in [5, 5.41) is 5.32. The monoisotopic (exact) mass is 438 g/mol. The van der Waals surface area contributed by atoms with E-state index in [4.69, 9.17) is 9.47 Å². The highest BCUT2D eigenvalue weighted by Gasteiger charge is 2.30. The summed E-state index contributed by atoms with van der Waals surface area (Å²) >= 11 is 1.30. The van der Waals surface area contributed by atoms with Crippen LogP contribution < -0.4 is 10.1 Å². The minimum Gasteiger partial charge on any atom is -0.484 e. The summed E-state index contributed by atoms with van der Waals surface area (Å²) in [4.78, 5) is 39.3. The van der Waals surface area contributed by atoms with Gasteiger partial charge in [0, 0.05) is 18.3 Å². The lowest BCUT2D eigenvalue weighted by Gasteiger charge is -2.25. The molecule has 0 saturated heterocycles. The summed E-state index contributed by atoms with van der Waals surface area (Å²) in [6, 6.07) is 13.5. The van der Waals surface area contributed by atoms with Crippen molar-refractivity contribution < 1.29 is 23.9 Å². The number of ether oxygens (including phenoxy) is 2. The molecule has 0 atom stereocenters. The van der Waals surface area contributed by atoms with E-state index in [-0.39, 0.29) is 18.4 Å². The number of amides is 2. The number of nitrogens with one attached hydrogen (secondary N) is 1. The van der Waals surface area contributed by atoms with E-state index in [2.05, 4.69) is 5.32 Å². The number of anilines is 1. The van der Waals surface area contributed by atoms with Gasteiger partial charge < -0.3 is 19.7 Å². The number of benzene rings is 2. The lowest BCUT2D eigenvalue weighted by atomic mass is 10.0. The third-order valence-corrected chi connectivity index (χ3v) is 6.37. The highest BCUT2D eigenvalue weighted by molar-refractivity contribution is 7.17. The minimum atomic E-state index is -0.500. The summed E-state index contributed by atoms with van der Waals surface area (Å²) in [5.74, 6) is -0.308. The van der Waals surface area contributed by atoms with Gasteiger partial charge in [0.25, 0.3) is 5.91 Å². The molecule has 2 amide bonds. The predicted octanol–water partition coefficient (Wildman–Crippen LogP) is 3.61. The highest BCUT2D eigenvalue weighted by Crippen LogP contribution is 2.37. The molecule has 7 nitrogen and oxygen atoms in total. The van der Waals surface area contributed by atoms with Gasteiger partial charge in [0.15, 0.2) is 6.61 Å². The van der Waals surface area contributed by atoms with E-state index < -0.39 is 5.97 Å². The molecule has 1 aliphatic rings. The normalized spacial score (nSPS) is 12.9. The molecule has 1 aliphatic heterocycles. The zero-order valence-electron chi connectivity index (χ0n) is 17.3. The van der Waals surface area contributed by atoms with Crippen molar-refractivity contribution in [1.82, 2.24) is 4.90 Å². The molecule has 31 heavy (non-hydrogen) atoms. The number of thiophene rings is 1. The Morgan fingerprint density at radius 2 is 1.90 bits per heavy atom. The molecule has 160 valence electrons. The summed E-state index contributed by atoms with van der Waals surface area (Å²) in [5.41, 5.74) is 1.20. The number of nitrogens with zero attached hydrogens (tertiary/aromatic N) is 1. The van der Waals surface area contributed by atoms with Crippen molar-refractivity contribution in [2.45, 2.75) is 19.9 Å². The number of hydrogen-bond acceptors (Lipinski definition) is 6. The molecule has 0 spiro atoms. The minimum absolute atomic E-state index is 0.0203. The molecule has 0 saturated carbocycles. The molecule has 3 aromatic rings. The summed E-state index contributed by atoms with van der Waals surface area (Å²) in [7, 11) is 1.31. The maximum Gasteiger partial charge on any atom is 0.341 e. The second kappa shape index (κ2) is 8.77. The second-order valence-corrected chi connectivity index (χ2v) is 8.34. The van der Waals surface area contributed by atoms with Crippen molar-refractivity contribution in [3.63, 3.8) is 0 Å². The van der Waals surface area contributed by atoms with Crippen LogP contribution in [0.5, 0.6) is 5.75 Å². The van der Waals surface area contributed by atoms with Crippen LogP contribution in [0.1, 0.15) is 27.7 Å². The van der Waals surface area contributed by atoms with Crippen molar-refractivity contribution in [2.75, 3.05) is 25.6 Å². The van der Waals surface area contributed by atoms with Crippen LogP contribution in [0, 0.1) is 0 Å². The Balaban J connectivity index is 1.49. The fourth-order valence-corrected chi connectivity index (χ4v) is 4.91. The van der Waals surface area contributed by atoms with E-state index in [9.17, 15) is 14.4 Å². The SMILES string of the molecule is COC(=O)c1c(NC(=O)COc2ccc3ccccc3c2)sc2c1CCN(C(C)=O)C2. The van der Waals surface area contributed by atoms with Crippen LogP contribution in [0.15, 0.2) is 42.5 Å². The van der Waals surface area contributed by atoms with Crippen LogP contribution in [-0.2, 0) is 27.3 Å². The molecule has 0 bridgehead atoms. The first kappa shape index (κ1) is 20.9. The number of carbonyl (C=O) groups excluding carboxylic acids is 3. The van der Waals surface area contributed by atoms with Gasteiger partial charge in [-0.1, -0.05) is 30.3 Å². The van der Waals surface area contributed by atoms with Crippen molar-refractivity contribution in [3.05, 3.63) is 58.5 Å². The van der Waals surface area contributed by atoms with Gasteiger partial charge in [0.2, 0.25) is 5.91 Å². The molecule has 1 aromatic heterocycles. The molecule has 0 unspecified atom stereocenters. The second-order valence-electron chi connectivity index (χ2n) is 7.24. The maximum absolute atomic E-state index is 12.6. The molecule has 0 radical (unpaired) electrons. The fraction of sp³-hybridized carbons (Fsp3) is 0.261. The Labute approximate surface area is 183 Å². The van der Waals surface area contributed by atoms with Gasteiger partial charge in [-0.25, -0.2) is 4.79 Å². The van der Waals surface area contributed by atoms with E-state index in [0.29, 0.717) is 35.8 Å². The van der Waals surface area contributed by atoms with E-state index in [0.717, 1.165) is 21.2 Å². The Morgan fingerprint density at radius 3 is 2.65 bits per heavy atom. The zero-order chi connectivity index (χ0) is 22.0. The number of fused-ring (bicyclic) bond motifs is 2. The third-order valence-electron chi connectivity index (χ3n) is 5.24. The first-order valence-electron chi connectivity index (χ1n) is 9.86. The quantitative estimate of drug-likeness (QED) is 0.615. The molecule has 8 heteroatoms. The van der Waals surface area contributed by atoms with Gasteiger partial charge in [0.1, 0.15) is 10.8 Å². The number of rotatable bonds is 5. The smallest absolute Gasteiger partial charge is 0.341 e. The maximum atomic E-state index is 12.6. The summed E-state index contributed by atoms with van der Waals surface area (Å²) in [6.45, 7) is 2.28. The van der Waals surface area contributed by atoms with Crippen LogP contribution in [0.4, 0.5) is 5.00 Å². The number of methoxy groups -OCH3 is 1. The number of carbonyl (C=O) groups is 3. The van der Waals surface area contributed by atoms with E-state index >= 15 is 0 Å². The molecule has 2 heterocycles. The highest BCUT2D eigenvalue weighted by atomic mass is 32.1. The van der Waals surface area contributed by atoms with Gasteiger partial charge in [-0.2, -0.15) is 0 Å². The third kappa shape index (κ3) is 4.39. The van der Waals surface area contributed by atoms with Gasteiger partial charge >= 0.3 is 5.97 Å². The van der Waals surface area contributed by atoms with Gasteiger partial charge in [-0.3, -0.25) is 9.59 Å². The first-order valence-corrected chi connectivity index (χ1v) is 10.7. The van der Waals surface area contributed by atoms with Crippen LogP contribution in [0.25, 0.3) is 10.8 Å². The molecular weight excluding hydrogens is 416 g/mol. The molecule has 1 N–H and O–H groups in total. The van der Waals surface area contributed by atoms with Crippen LogP contribution in [-0.4, -0.2) is 42.9 Å². The van der Waals surface area contributed by atoms with Crippen molar-refractivity contribution in [2.24, 2.45) is 0 Å². The van der Waals surface area contributed by atoms with E-state index in [1.165, 1.54) is 25.4 Å². The summed E-state index contributed by atoms with van der Waals surface area (Å²) in [6.07, 6.45) is 0.541. The van der Waals surface area contributed by atoms with Crippen LogP contribution in [0.2, 0.25) is 0 Å². The average molecular weight is 439 g/mol. The zero-order valence-corrected chi connectivity index (χ0v) is 18.1. The van der Waals surface area contributed by atoms with E-state index in [1.54, 1.807) is 4.90 Å². The van der Waals surface area contributed by atoms with Crippen molar-refractivity contribution >= 4 is 44.9 Å². The lowest BCUT2D eigenvalue weighted by Crippen LogP contribution is -2.33. The standard InChI is InChI=1S/C23H22N2O5S/c1-14(26)25-10-9-18-19(12-25)31-22(21(18)23(28)29-2)24-20(27)13-30-17-8-7-15-5-3-4-6-16(15)11-17/h3-8,11H,9-10,12-13H2,1-2H3,(H,24,27). The van der Waals surface area contributed by atoms with E-state index in [1.807, 2.05) is 42.5 Å². The molecule has 4 rings (SSSR count). The van der Waals surface area contributed by atoms with Crippen LogP contribution >= 0.6 is 11.3 Å². The largest absolute Gasteiger partial charge is 0.484 e. The van der Waals surface area contributed by atoms with Gasteiger partial charge in [0.05, 0.1) is 19.2 Å². The fourth-order valence-electron chi connectivity index (χ4n) is 3.65. The Morgan fingerprint density at radius 1 is 1.13 bits per heavy atom. The van der Waals surface area contributed by atoms with Crippen LogP contribution in [0.3, 0.4) is 0 Å². The molecule has 0 aliphatic carbocycles. The van der Waals surface area contributed by atoms with Gasteiger partial charge in [-0.15, -0.1) is 11.3 Å². The molecular formula is C23H22N2O5S. The van der Waals surface area contributed by atoms with Crippen molar-refractivity contribution in [1.29, 1.82) is 0 Å².